The summed E-state index contributed by atoms with van der Waals surface area (Å²) in [5.41, 5.74) is 8.94. The molecule has 0 fully saturated rings. The van der Waals surface area contributed by atoms with E-state index in [1.165, 1.54) is 0 Å². The Morgan fingerprint density at radius 1 is 1.46 bits per heavy atom. The first kappa shape index (κ1) is 7.67. The van der Waals surface area contributed by atoms with Gasteiger partial charge in [0.1, 0.15) is 0 Å². The van der Waals surface area contributed by atoms with Gasteiger partial charge in [-0.05, 0) is 12.1 Å². The molecular weight excluding hydrogens is 168 g/mol. The molecule has 13 heavy (non-hydrogen) atoms. The molecule has 1 aromatic carbocycles. The summed E-state index contributed by atoms with van der Waals surface area (Å²) >= 11 is 0. The quantitative estimate of drug-likeness (QED) is 0.660. The molecule has 66 valence electrons. The minimum atomic E-state index is -0.492. The molecule has 3 N–H and O–H groups in total. The Kier molecular flexibility index (Phi) is 1.66. The molecule has 2 rings (SSSR count). The first-order valence-electron chi connectivity index (χ1n) is 3.81. The second-order valence-corrected chi connectivity index (χ2v) is 2.64. The summed E-state index contributed by atoms with van der Waals surface area (Å²) in [4.78, 5) is 16.0. The van der Waals surface area contributed by atoms with Gasteiger partial charge in [-0.1, -0.05) is 12.1 Å². The normalized spacial score (nSPS) is 12.6. The molecule has 1 aromatic rings. The SMILES string of the molecule is NC(=O)c1cccc2c1ONC=C2. The van der Waals surface area contributed by atoms with Crippen molar-refractivity contribution in [3.8, 4) is 5.75 Å². The van der Waals surface area contributed by atoms with E-state index in [-0.39, 0.29) is 0 Å². The molecule has 4 heteroatoms. The van der Waals surface area contributed by atoms with Crippen molar-refractivity contribution in [2.75, 3.05) is 0 Å². The predicted molar refractivity (Wildman–Crippen MR) is 47.8 cm³/mol. The molecule has 0 unspecified atom stereocenters. The smallest absolute Gasteiger partial charge is 0.252 e. The Morgan fingerprint density at radius 2 is 2.31 bits per heavy atom. The van der Waals surface area contributed by atoms with Crippen LogP contribution in [0, 0.1) is 0 Å². The number of para-hydroxylation sites is 1. The van der Waals surface area contributed by atoms with E-state index in [9.17, 15) is 4.79 Å². The molecule has 0 spiro atoms. The van der Waals surface area contributed by atoms with Gasteiger partial charge in [0.15, 0.2) is 5.75 Å². The highest BCUT2D eigenvalue weighted by Crippen LogP contribution is 2.26. The zero-order chi connectivity index (χ0) is 9.26. The van der Waals surface area contributed by atoms with Gasteiger partial charge in [0, 0.05) is 11.8 Å². The fraction of sp³-hybridized carbons (Fsp3) is 0. The van der Waals surface area contributed by atoms with Crippen LogP contribution in [0.1, 0.15) is 15.9 Å². The Morgan fingerprint density at radius 3 is 3.08 bits per heavy atom. The zero-order valence-electron chi connectivity index (χ0n) is 6.78. The Balaban J connectivity index is 2.59. The van der Waals surface area contributed by atoms with Crippen LogP contribution in [-0.4, -0.2) is 5.91 Å². The average molecular weight is 176 g/mol. The van der Waals surface area contributed by atoms with Crippen molar-refractivity contribution in [1.82, 2.24) is 5.48 Å². The van der Waals surface area contributed by atoms with Gasteiger partial charge in [0.05, 0.1) is 5.56 Å². The Labute approximate surface area is 74.9 Å². The van der Waals surface area contributed by atoms with Gasteiger partial charge in [0.2, 0.25) is 0 Å². The molecule has 1 amide bonds. The van der Waals surface area contributed by atoms with Gasteiger partial charge in [-0.15, -0.1) is 0 Å². The minimum absolute atomic E-state index is 0.384. The summed E-state index contributed by atoms with van der Waals surface area (Å²) in [5, 5.41) is 0. The molecule has 0 aromatic heterocycles. The van der Waals surface area contributed by atoms with Gasteiger partial charge in [0.25, 0.3) is 5.91 Å². The summed E-state index contributed by atoms with van der Waals surface area (Å²) in [6, 6.07) is 5.24. The number of hydrogen-bond donors (Lipinski definition) is 2. The van der Waals surface area contributed by atoms with Crippen LogP contribution in [-0.2, 0) is 0 Å². The summed E-state index contributed by atoms with van der Waals surface area (Å²) < 4.78 is 0. The van der Waals surface area contributed by atoms with Crippen LogP contribution in [0.25, 0.3) is 6.08 Å². The molecule has 0 radical (unpaired) electrons. The molecule has 0 atom stereocenters. The first-order valence-corrected chi connectivity index (χ1v) is 3.81. The third kappa shape index (κ3) is 1.22. The van der Waals surface area contributed by atoms with E-state index in [2.05, 4.69) is 5.48 Å². The molecule has 1 heterocycles. The van der Waals surface area contributed by atoms with Crippen LogP contribution < -0.4 is 16.1 Å². The second-order valence-electron chi connectivity index (χ2n) is 2.64. The summed E-state index contributed by atoms with van der Waals surface area (Å²) in [5.74, 6) is -0.00792. The van der Waals surface area contributed by atoms with Crippen LogP contribution >= 0.6 is 0 Å². The lowest BCUT2D eigenvalue weighted by Gasteiger charge is -2.14. The summed E-state index contributed by atoms with van der Waals surface area (Å²) in [6.07, 6.45) is 3.46. The monoisotopic (exact) mass is 176 g/mol. The number of primary amides is 1. The highest BCUT2D eigenvalue weighted by atomic mass is 16.6. The number of hydroxylamine groups is 1. The number of benzene rings is 1. The maximum atomic E-state index is 11.0. The van der Waals surface area contributed by atoms with Crippen molar-refractivity contribution in [2.45, 2.75) is 0 Å². The summed E-state index contributed by atoms with van der Waals surface area (Å²) in [6.45, 7) is 0. The fourth-order valence-electron chi connectivity index (χ4n) is 1.21. The minimum Gasteiger partial charge on any atom is -0.381 e. The van der Waals surface area contributed by atoms with Crippen LogP contribution in [0.4, 0.5) is 0 Å². The third-order valence-corrected chi connectivity index (χ3v) is 1.80. The van der Waals surface area contributed by atoms with E-state index >= 15 is 0 Å². The second kappa shape index (κ2) is 2.82. The Bertz CT molecular complexity index is 385. The highest BCUT2D eigenvalue weighted by Gasteiger charge is 2.14. The number of rotatable bonds is 1. The standard InChI is InChI=1S/C9H8N2O2/c10-9(12)7-3-1-2-6-4-5-11-13-8(6)7/h1-5,11H,(H2,10,12). The maximum absolute atomic E-state index is 11.0. The molecule has 0 saturated heterocycles. The number of carbonyl (C=O) groups excluding carboxylic acids is 1. The van der Waals surface area contributed by atoms with Gasteiger partial charge in [-0.3, -0.25) is 4.79 Å². The van der Waals surface area contributed by atoms with Gasteiger partial charge in [-0.2, -0.15) is 0 Å². The molecule has 0 saturated carbocycles. The molecule has 0 bridgehead atoms. The van der Waals surface area contributed by atoms with Crippen molar-refractivity contribution >= 4 is 12.0 Å². The Hall–Kier alpha value is -1.97. The number of carbonyl (C=O) groups is 1. The van der Waals surface area contributed by atoms with E-state index in [0.717, 1.165) is 5.56 Å². The average Bonchev–Trinajstić information content (AvgIpc) is 2.17. The number of fused-ring (bicyclic) bond motifs is 1. The molecular formula is C9H8N2O2. The van der Waals surface area contributed by atoms with E-state index < -0.39 is 5.91 Å². The van der Waals surface area contributed by atoms with Crippen molar-refractivity contribution in [1.29, 1.82) is 0 Å². The van der Waals surface area contributed by atoms with Gasteiger partial charge in [-0.25, -0.2) is 5.48 Å². The molecule has 1 aliphatic heterocycles. The summed E-state index contributed by atoms with van der Waals surface area (Å²) in [7, 11) is 0. The fourth-order valence-corrected chi connectivity index (χ4v) is 1.21. The van der Waals surface area contributed by atoms with Crippen molar-refractivity contribution < 1.29 is 9.63 Å². The van der Waals surface area contributed by atoms with E-state index in [4.69, 9.17) is 10.6 Å². The topological polar surface area (TPSA) is 64.4 Å². The molecule has 4 nitrogen and oxygen atoms in total. The van der Waals surface area contributed by atoms with Gasteiger partial charge >= 0.3 is 0 Å². The lowest BCUT2D eigenvalue weighted by atomic mass is 10.1. The number of amides is 1. The lowest BCUT2D eigenvalue weighted by Crippen LogP contribution is -2.20. The molecule has 0 aliphatic carbocycles. The highest BCUT2D eigenvalue weighted by molar-refractivity contribution is 5.97. The van der Waals surface area contributed by atoms with Crippen molar-refractivity contribution in [3.63, 3.8) is 0 Å². The van der Waals surface area contributed by atoms with Crippen LogP contribution in [0.5, 0.6) is 5.75 Å². The van der Waals surface area contributed by atoms with Crippen LogP contribution in [0.15, 0.2) is 24.4 Å². The molecule has 1 aliphatic rings. The van der Waals surface area contributed by atoms with E-state index in [0.29, 0.717) is 11.3 Å². The van der Waals surface area contributed by atoms with Crippen molar-refractivity contribution in [3.05, 3.63) is 35.5 Å². The predicted octanol–water partition coefficient (Wildman–Crippen LogP) is 0.653. The third-order valence-electron chi connectivity index (χ3n) is 1.80. The van der Waals surface area contributed by atoms with E-state index in [1.807, 2.05) is 12.1 Å². The number of nitrogens with two attached hydrogens (primary N) is 1. The van der Waals surface area contributed by atoms with Crippen LogP contribution in [0.3, 0.4) is 0 Å². The first-order chi connectivity index (χ1) is 6.29. The maximum Gasteiger partial charge on any atom is 0.252 e. The number of hydrogen-bond acceptors (Lipinski definition) is 3. The van der Waals surface area contributed by atoms with Crippen molar-refractivity contribution in [2.24, 2.45) is 5.73 Å². The van der Waals surface area contributed by atoms with Crippen LogP contribution in [0.2, 0.25) is 0 Å². The lowest BCUT2D eigenvalue weighted by molar-refractivity contribution is 0.0993. The number of nitrogens with one attached hydrogen (secondary N) is 1. The van der Waals surface area contributed by atoms with E-state index in [1.54, 1.807) is 18.3 Å². The zero-order valence-corrected chi connectivity index (χ0v) is 6.78. The van der Waals surface area contributed by atoms with Gasteiger partial charge < -0.3 is 10.6 Å². The largest absolute Gasteiger partial charge is 0.381 e.